The second kappa shape index (κ2) is 8.12. The number of carbonyl (C=O) groups excluding carboxylic acids is 2. The van der Waals surface area contributed by atoms with Crippen LogP contribution in [0.3, 0.4) is 0 Å². The number of carbonyl (C=O) groups is 2. The average Bonchev–Trinajstić information content (AvgIpc) is 3.34. The lowest BCUT2D eigenvalue weighted by molar-refractivity contribution is -0.131. The second-order valence-corrected chi connectivity index (χ2v) is 7.54. The van der Waals surface area contributed by atoms with Crippen LogP contribution in [0.4, 0.5) is 13.2 Å². The van der Waals surface area contributed by atoms with Crippen molar-refractivity contribution >= 4 is 23.2 Å². The predicted molar refractivity (Wildman–Crippen MR) is 96.4 cm³/mol. The number of nitrogens with one attached hydrogen (secondary N) is 1. The molecule has 1 aliphatic carbocycles. The molecule has 0 bridgehead atoms. The fourth-order valence-corrected chi connectivity index (χ4v) is 3.41. The number of halogens is 3. The number of rotatable bonds is 7. The van der Waals surface area contributed by atoms with Crippen LogP contribution >= 0.6 is 11.3 Å². The summed E-state index contributed by atoms with van der Waals surface area (Å²) in [6.07, 6.45) is -2.11. The molecule has 27 heavy (non-hydrogen) atoms. The summed E-state index contributed by atoms with van der Waals surface area (Å²) in [7, 11) is 0. The Bertz CT molecular complexity index is 784. The Hall–Kier alpha value is -2.35. The molecule has 0 unspecified atom stereocenters. The molecular formula is C19H19F3N2O2S. The summed E-state index contributed by atoms with van der Waals surface area (Å²) in [6, 6.07) is 10.4. The van der Waals surface area contributed by atoms with Crippen molar-refractivity contribution in [3.8, 4) is 0 Å². The lowest BCUT2D eigenvalue weighted by Crippen LogP contribution is -2.34. The molecule has 2 amide bonds. The van der Waals surface area contributed by atoms with E-state index in [9.17, 15) is 22.8 Å². The van der Waals surface area contributed by atoms with Gasteiger partial charge >= 0.3 is 6.18 Å². The summed E-state index contributed by atoms with van der Waals surface area (Å²) in [5, 5.41) is 3.78. The van der Waals surface area contributed by atoms with Gasteiger partial charge in [-0.25, -0.2) is 0 Å². The van der Waals surface area contributed by atoms with Gasteiger partial charge in [0.25, 0.3) is 5.91 Å². The highest BCUT2D eigenvalue weighted by Gasteiger charge is 2.32. The van der Waals surface area contributed by atoms with Crippen molar-refractivity contribution in [2.24, 2.45) is 0 Å². The van der Waals surface area contributed by atoms with E-state index < -0.39 is 18.6 Å². The lowest BCUT2D eigenvalue weighted by atomic mass is 10.1. The van der Waals surface area contributed by atoms with Gasteiger partial charge in [-0.15, -0.1) is 11.3 Å². The summed E-state index contributed by atoms with van der Waals surface area (Å²) in [6.45, 7) is -0.931. The molecule has 0 aliphatic heterocycles. The predicted octanol–water partition coefficient (Wildman–Crippen LogP) is 3.77. The molecule has 8 heteroatoms. The molecule has 144 valence electrons. The molecule has 1 fully saturated rings. The van der Waals surface area contributed by atoms with E-state index in [1.165, 1.54) is 12.1 Å². The minimum Gasteiger partial charge on any atom is -0.343 e. The molecule has 1 heterocycles. The zero-order chi connectivity index (χ0) is 19.4. The van der Waals surface area contributed by atoms with Gasteiger partial charge in [0.2, 0.25) is 5.91 Å². The van der Waals surface area contributed by atoms with E-state index in [1.807, 2.05) is 27.7 Å². The monoisotopic (exact) mass is 396 g/mol. The Labute approximate surface area is 159 Å². The fourth-order valence-electron chi connectivity index (χ4n) is 2.71. The first kappa shape index (κ1) is 19.4. The van der Waals surface area contributed by atoms with E-state index in [0.717, 1.165) is 23.3 Å². The molecule has 1 aromatic heterocycles. The maximum atomic E-state index is 12.6. The standard InChI is InChI=1S/C19H19F3N2O2S/c20-19(21,22)12-23-18(26)14-5-3-13(4-6-14)11-24(15-7-8-15)17(25)10-16-2-1-9-27-16/h1-6,9,15H,7-8,10-12H2,(H,23,26). The van der Waals surface area contributed by atoms with Crippen molar-refractivity contribution in [1.82, 2.24) is 10.2 Å². The quantitative estimate of drug-likeness (QED) is 0.775. The molecule has 2 aromatic rings. The SMILES string of the molecule is O=C(NCC(F)(F)F)c1ccc(CN(C(=O)Cc2cccs2)C2CC2)cc1. The third-order valence-corrected chi connectivity index (χ3v) is 5.11. The maximum absolute atomic E-state index is 12.6. The van der Waals surface area contributed by atoms with E-state index in [0.29, 0.717) is 13.0 Å². The Morgan fingerprint density at radius 1 is 1.15 bits per heavy atom. The Morgan fingerprint density at radius 2 is 1.85 bits per heavy atom. The molecule has 1 aromatic carbocycles. The van der Waals surface area contributed by atoms with Crippen LogP contribution in [-0.2, 0) is 17.8 Å². The second-order valence-electron chi connectivity index (χ2n) is 6.50. The maximum Gasteiger partial charge on any atom is 0.405 e. The van der Waals surface area contributed by atoms with Crippen molar-refractivity contribution in [3.05, 3.63) is 57.8 Å². The number of hydrogen-bond acceptors (Lipinski definition) is 3. The van der Waals surface area contributed by atoms with Gasteiger partial charge in [-0.05, 0) is 42.0 Å². The first-order valence-corrected chi connectivity index (χ1v) is 9.45. The van der Waals surface area contributed by atoms with E-state index in [2.05, 4.69) is 0 Å². The van der Waals surface area contributed by atoms with E-state index in [4.69, 9.17) is 0 Å². The van der Waals surface area contributed by atoms with Gasteiger partial charge < -0.3 is 10.2 Å². The lowest BCUT2D eigenvalue weighted by Gasteiger charge is -2.22. The number of alkyl halides is 3. The minimum atomic E-state index is -4.44. The number of amides is 2. The largest absolute Gasteiger partial charge is 0.405 e. The number of nitrogens with zero attached hydrogens (tertiary/aromatic N) is 1. The zero-order valence-corrected chi connectivity index (χ0v) is 15.3. The zero-order valence-electron chi connectivity index (χ0n) is 14.5. The highest BCUT2D eigenvalue weighted by Crippen LogP contribution is 2.29. The summed E-state index contributed by atoms with van der Waals surface area (Å²) >= 11 is 1.55. The molecule has 1 saturated carbocycles. The van der Waals surface area contributed by atoms with Gasteiger partial charge in [-0.3, -0.25) is 9.59 Å². The van der Waals surface area contributed by atoms with Gasteiger partial charge in [-0.2, -0.15) is 13.2 Å². The number of hydrogen-bond donors (Lipinski definition) is 1. The Kier molecular flexibility index (Phi) is 5.84. The van der Waals surface area contributed by atoms with Crippen LogP contribution < -0.4 is 5.32 Å². The van der Waals surface area contributed by atoms with Gasteiger partial charge in [0.1, 0.15) is 6.54 Å². The van der Waals surface area contributed by atoms with E-state index in [-0.39, 0.29) is 17.5 Å². The molecule has 3 rings (SSSR count). The molecule has 1 N–H and O–H groups in total. The Balaban J connectivity index is 1.60. The molecule has 0 radical (unpaired) electrons. The van der Waals surface area contributed by atoms with E-state index >= 15 is 0 Å². The van der Waals surface area contributed by atoms with Crippen molar-refractivity contribution in [3.63, 3.8) is 0 Å². The molecule has 0 saturated heterocycles. The van der Waals surface area contributed by atoms with Crippen LogP contribution in [0.15, 0.2) is 41.8 Å². The molecular weight excluding hydrogens is 377 g/mol. The Morgan fingerprint density at radius 3 is 2.41 bits per heavy atom. The van der Waals surface area contributed by atoms with Crippen LogP contribution in [-0.4, -0.2) is 35.5 Å². The van der Waals surface area contributed by atoms with Crippen molar-refractivity contribution < 1.29 is 22.8 Å². The van der Waals surface area contributed by atoms with Crippen LogP contribution in [0.25, 0.3) is 0 Å². The average molecular weight is 396 g/mol. The van der Waals surface area contributed by atoms with Gasteiger partial charge in [-0.1, -0.05) is 18.2 Å². The van der Waals surface area contributed by atoms with Gasteiger partial charge in [0, 0.05) is 23.0 Å². The fraction of sp³-hybridized carbons (Fsp3) is 0.368. The van der Waals surface area contributed by atoms with Gasteiger partial charge in [0.15, 0.2) is 0 Å². The number of benzene rings is 1. The normalized spacial score (nSPS) is 14.0. The highest BCUT2D eigenvalue weighted by molar-refractivity contribution is 7.10. The molecule has 0 atom stereocenters. The van der Waals surface area contributed by atoms with Crippen molar-refractivity contribution in [1.29, 1.82) is 0 Å². The summed E-state index contributed by atoms with van der Waals surface area (Å²) < 4.78 is 36.5. The van der Waals surface area contributed by atoms with E-state index in [1.54, 1.807) is 23.5 Å². The number of thiophene rings is 1. The summed E-state index contributed by atoms with van der Waals surface area (Å²) in [5.74, 6) is -0.710. The summed E-state index contributed by atoms with van der Waals surface area (Å²) in [4.78, 5) is 27.2. The molecule has 1 aliphatic rings. The first-order chi connectivity index (χ1) is 12.8. The summed E-state index contributed by atoms with van der Waals surface area (Å²) in [5.41, 5.74) is 1.000. The van der Waals surface area contributed by atoms with Gasteiger partial charge in [0.05, 0.1) is 6.42 Å². The topological polar surface area (TPSA) is 49.4 Å². The van der Waals surface area contributed by atoms with Crippen LogP contribution in [0.2, 0.25) is 0 Å². The van der Waals surface area contributed by atoms with Crippen molar-refractivity contribution in [2.75, 3.05) is 6.54 Å². The first-order valence-electron chi connectivity index (χ1n) is 8.57. The minimum absolute atomic E-state index is 0.0620. The highest BCUT2D eigenvalue weighted by atomic mass is 32.1. The van der Waals surface area contributed by atoms with Crippen LogP contribution in [0.5, 0.6) is 0 Å². The molecule has 0 spiro atoms. The third-order valence-electron chi connectivity index (χ3n) is 4.23. The smallest absolute Gasteiger partial charge is 0.343 e. The van der Waals surface area contributed by atoms with Crippen molar-refractivity contribution in [2.45, 2.75) is 38.0 Å². The third kappa shape index (κ3) is 5.82. The van der Waals surface area contributed by atoms with Crippen LogP contribution in [0, 0.1) is 0 Å². The molecule has 4 nitrogen and oxygen atoms in total. The van der Waals surface area contributed by atoms with Crippen LogP contribution in [0.1, 0.15) is 33.6 Å².